The summed E-state index contributed by atoms with van der Waals surface area (Å²) in [7, 11) is 1.29. The van der Waals surface area contributed by atoms with E-state index in [1.165, 1.54) is 38.0 Å². The monoisotopic (exact) mass is 386 g/mol. The number of ether oxygens (including phenoxy) is 1. The maximum Gasteiger partial charge on any atom is 0.339 e. The molecule has 142 valence electrons. The molecule has 1 amide bonds. The van der Waals surface area contributed by atoms with Gasteiger partial charge in [-0.25, -0.2) is 4.79 Å². The lowest BCUT2D eigenvalue weighted by Gasteiger charge is -2.26. The number of hydrogen-bond donors (Lipinski definition) is 1. The first-order valence-corrected chi connectivity index (χ1v) is 9.45. The van der Waals surface area contributed by atoms with Gasteiger partial charge in [0.25, 0.3) is 5.91 Å². The Morgan fingerprint density at radius 1 is 1.07 bits per heavy atom. The van der Waals surface area contributed by atoms with Gasteiger partial charge in [-0.1, -0.05) is 30.2 Å². The molecule has 5 nitrogen and oxygen atoms in total. The summed E-state index contributed by atoms with van der Waals surface area (Å²) >= 11 is 6.00. The van der Waals surface area contributed by atoms with Gasteiger partial charge in [-0.15, -0.1) is 0 Å². The summed E-state index contributed by atoms with van der Waals surface area (Å²) in [6.45, 7) is 3.20. The minimum Gasteiger partial charge on any atom is -0.465 e. The van der Waals surface area contributed by atoms with E-state index in [0.717, 1.165) is 19.6 Å². The highest BCUT2D eigenvalue weighted by molar-refractivity contribution is 6.33. The lowest BCUT2D eigenvalue weighted by Crippen LogP contribution is -2.29. The summed E-state index contributed by atoms with van der Waals surface area (Å²) in [5.41, 5.74) is 2.47. The van der Waals surface area contributed by atoms with Crippen LogP contribution in [0.15, 0.2) is 42.5 Å². The van der Waals surface area contributed by atoms with E-state index in [2.05, 4.69) is 10.2 Å². The third-order valence-corrected chi connectivity index (χ3v) is 5.03. The molecule has 0 aliphatic carbocycles. The first-order chi connectivity index (χ1) is 13.1. The van der Waals surface area contributed by atoms with E-state index in [4.69, 9.17) is 16.3 Å². The van der Waals surface area contributed by atoms with Crippen LogP contribution in [0.3, 0.4) is 0 Å². The van der Waals surface area contributed by atoms with Crippen molar-refractivity contribution in [2.75, 3.05) is 25.5 Å². The van der Waals surface area contributed by atoms with Crippen molar-refractivity contribution in [2.24, 2.45) is 0 Å². The number of hydrogen-bond acceptors (Lipinski definition) is 4. The normalized spacial score (nSPS) is 14.6. The summed E-state index contributed by atoms with van der Waals surface area (Å²) in [4.78, 5) is 26.6. The van der Waals surface area contributed by atoms with Gasteiger partial charge in [0.05, 0.1) is 17.7 Å². The largest absolute Gasteiger partial charge is 0.465 e. The smallest absolute Gasteiger partial charge is 0.339 e. The number of halogens is 1. The van der Waals surface area contributed by atoms with Gasteiger partial charge >= 0.3 is 5.97 Å². The molecular formula is C21H23ClN2O3. The summed E-state index contributed by atoms with van der Waals surface area (Å²) in [5, 5.41) is 3.07. The summed E-state index contributed by atoms with van der Waals surface area (Å²) in [6.07, 6.45) is 3.84. The number of piperidine rings is 1. The number of nitrogens with one attached hydrogen (secondary N) is 1. The molecular weight excluding hydrogens is 364 g/mol. The van der Waals surface area contributed by atoms with Crippen molar-refractivity contribution in [3.63, 3.8) is 0 Å². The van der Waals surface area contributed by atoms with Crippen molar-refractivity contribution in [3.8, 4) is 0 Å². The number of methoxy groups -OCH3 is 1. The maximum atomic E-state index is 12.5. The number of carbonyl (C=O) groups excluding carboxylic acids is 2. The highest BCUT2D eigenvalue weighted by Crippen LogP contribution is 2.22. The van der Waals surface area contributed by atoms with Gasteiger partial charge in [0.15, 0.2) is 0 Å². The van der Waals surface area contributed by atoms with Crippen LogP contribution in [0.25, 0.3) is 0 Å². The highest BCUT2D eigenvalue weighted by atomic mass is 35.5. The summed E-state index contributed by atoms with van der Waals surface area (Å²) in [5.74, 6) is -0.782. The van der Waals surface area contributed by atoms with Crippen LogP contribution in [0.2, 0.25) is 5.02 Å². The highest BCUT2D eigenvalue weighted by Gasteiger charge is 2.14. The first-order valence-electron chi connectivity index (χ1n) is 9.07. The number of likely N-dealkylation sites (tertiary alicyclic amines) is 1. The van der Waals surface area contributed by atoms with Crippen LogP contribution < -0.4 is 5.32 Å². The van der Waals surface area contributed by atoms with Crippen LogP contribution >= 0.6 is 11.6 Å². The van der Waals surface area contributed by atoms with Crippen LogP contribution in [0.4, 0.5) is 5.69 Å². The molecule has 0 aromatic heterocycles. The average molecular weight is 387 g/mol. The molecule has 0 spiro atoms. The van der Waals surface area contributed by atoms with Gasteiger partial charge in [0.1, 0.15) is 0 Å². The first kappa shape index (κ1) is 19.4. The van der Waals surface area contributed by atoms with Gasteiger partial charge in [-0.05, 0) is 61.8 Å². The second-order valence-electron chi connectivity index (χ2n) is 6.67. The second-order valence-corrected chi connectivity index (χ2v) is 7.08. The average Bonchev–Trinajstić information content (AvgIpc) is 2.70. The van der Waals surface area contributed by atoms with Crippen LogP contribution in [-0.4, -0.2) is 37.0 Å². The molecule has 0 saturated carbocycles. The fraction of sp³-hybridized carbons (Fsp3) is 0.333. The third-order valence-electron chi connectivity index (χ3n) is 4.70. The number of carbonyl (C=O) groups is 2. The Balaban J connectivity index is 1.65. The molecule has 0 radical (unpaired) electrons. The number of esters is 1. The lowest BCUT2D eigenvalue weighted by atomic mass is 10.1. The fourth-order valence-electron chi connectivity index (χ4n) is 3.21. The molecule has 1 saturated heterocycles. The van der Waals surface area contributed by atoms with Gasteiger partial charge < -0.3 is 10.1 Å². The second kappa shape index (κ2) is 9.02. The molecule has 2 aromatic carbocycles. The Labute approximate surface area is 164 Å². The Morgan fingerprint density at radius 3 is 2.44 bits per heavy atom. The van der Waals surface area contributed by atoms with Gasteiger partial charge in [-0.2, -0.15) is 0 Å². The molecule has 2 aromatic rings. The van der Waals surface area contributed by atoms with E-state index in [9.17, 15) is 9.59 Å². The van der Waals surface area contributed by atoms with E-state index >= 15 is 0 Å². The predicted octanol–water partition coefficient (Wildman–Crippen LogP) is 4.36. The van der Waals surface area contributed by atoms with E-state index < -0.39 is 5.97 Å². The molecule has 1 N–H and O–H groups in total. The van der Waals surface area contributed by atoms with Crippen LogP contribution in [-0.2, 0) is 11.3 Å². The minimum atomic E-state index is -0.543. The predicted molar refractivity (Wildman–Crippen MR) is 106 cm³/mol. The van der Waals surface area contributed by atoms with E-state index in [1.807, 2.05) is 24.3 Å². The van der Waals surface area contributed by atoms with Crippen LogP contribution in [0.1, 0.15) is 45.5 Å². The van der Waals surface area contributed by atoms with E-state index in [1.54, 1.807) is 12.1 Å². The topological polar surface area (TPSA) is 58.6 Å². The molecule has 27 heavy (non-hydrogen) atoms. The Hall–Kier alpha value is -2.37. The lowest BCUT2D eigenvalue weighted by molar-refractivity contribution is 0.0600. The molecule has 1 heterocycles. The molecule has 1 aliphatic rings. The molecule has 3 rings (SSSR count). The Bertz CT molecular complexity index is 815. The van der Waals surface area contributed by atoms with Crippen molar-refractivity contribution in [1.29, 1.82) is 0 Å². The van der Waals surface area contributed by atoms with Crippen molar-refractivity contribution in [2.45, 2.75) is 25.8 Å². The van der Waals surface area contributed by atoms with Crippen LogP contribution in [0, 0.1) is 0 Å². The number of rotatable bonds is 5. The fourth-order valence-corrected chi connectivity index (χ4v) is 3.40. The maximum absolute atomic E-state index is 12.5. The van der Waals surface area contributed by atoms with E-state index in [0.29, 0.717) is 11.3 Å². The van der Waals surface area contributed by atoms with Crippen molar-refractivity contribution < 1.29 is 14.3 Å². The zero-order valence-corrected chi connectivity index (χ0v) is 16.1. The number of nitrogens with zero attached hydrogens (tertiary/aromatic N) is 1. The molecule has 1 fully saturated rings. The Kier molecular flexibility index (Phi) is 6.48. The molecule has 0 atom stereocenters. The third kappa shape index (κ3) is 5.08. The molecule has 0 bridgehead atoms. The Morgan fingerprint density at radius 2 is 1.78 bits per heavy atom. The van der Waals surface area contributed by atoms with Crippen LogP contribution in [0.5, 0.6) is 0 Å². The molecule has 0 unspecified atom stereocenters. The summed E-state index contributed by atoms with van der Waals surface area (Å²) in [6, 6.07) is 12.4. The SMILES string of the molecule is COC(=O)c1cc(NC(=O)c2ccc(CN3CCCCC3)cc2)ccc1Cl. The minimum absolute atomic E-state index is 0.217. The number of amides is 1. The standard InChI is InChI=1S/C21H23ClN2O3/c1-27-21(26)18-13-17(9-10-19(18)22)23-20(25)16-7-5-15(6-8-16)14-24-11-3-2-4-12-24/h5-10,13H,2-4,11-12,14H2,1H3,(H,23,25). The van der Waals surface area contributed by atoms with Gasteiger partial charge in [-0.3, -0.25) is 9.69 Å². The summed E-state index contributed by atoms with van der Waals surface area (Å²) < 4.78 is 4.70. The van der Waals surface area contributed by atoms with Gasteiger partial charge in [0, 0.05) is 17.8 Å². The quantitative estimate of drug-likeness (QED) is 0.775. The molecule has 6 heteroatoms. The number of benzene rings is 2. The van der Waals surface area contributed by atoms with E-state index in [-0.39, 0.29) is 16.5 Å². The van der Waals surface area contributed by atoms with Crippen molar-refractivity contribution >= 4 is 29.2 Å². The zero-order valence-electron chi connectivity index (χ0n) is 15.3. The molecule has 1 aliphatic heterocycles. The zero-order chi connectivity index (χ0) is 19.2. The number of anilines is 1. The van der Waals surface area contributed by atoms with Gasteiger partial charge in [0.2, 0.25) is 0 Å². The van der Waals surface area contributed by atoms with Crippen molar-refractivity contribution in [3.05, 3.63) is 64.2 Å². The van der Waals surface area contributed by atoms with Crippen molar-refractivity contribution in [1.82, 2.24) is 4.90 Å².